The van der Waals surface area contributed by atoms with Gasteiger partial charge in [0.15, 0.2) is 0 Å². The van der Waals surface area contributed by atoms with E-state index in [-0.39, 0.29) is 5.91 Å². The Kier molecular flexibility index (Phi) is 5.92. The molecule has 0 atom stereocenters. The molecule has 1 aromatic heterocycles. The third kappa shape index (κ3) is 4.39. The van der Waals surface area contributed by atoms with E-state index in [4.69, 9.17) is 4.74 Å². The number of rotatable bonds is 7. The molecular weight excluding hydrogens is 268 g/mol. The Morgan fingerprint density at radius 3 is 2.86 bits per heavy atom. The summed E-state index contributed by atoms with van der Waals surface area (Å²) in [5.74, 6) is 0.620. The molecule has 1 amide bonds. The van der Waals surface area contributed by atoms with Gasteiger partial charge in [0, 0.05) is 39.0 Å². The highest BCUT2D eigenvalue weighted by Crippen LogP contribution is 2.16. The average molecular weight is 292 g/mol. The van der Waals surface area contributed by atoms with E-state index in [1.165, 1.54) is 12.8 Å². The monoisotopic (exact) mass is 292 g/mol. The van der Waals surface area contributed by atoms with Gasteiger partial charge in [0.05, 0.1) is 11.3 Å². The second-order valence-corrected chi connectivity index (χ2v) is 5.17. The lowest BCUT2D eigenvalue weighted by atomic mass is 10.2. The van der Waals surface area contributed by atoms with Crippen molar-refractivity contribution in [1.82, 2.24) is 15.3 Å². The molecular formula is C15H24N4O2. The molecule has 0 saturated carbocycles. The molecule has 1 aromatic rings. The van der Waals surface area contributed by atoms with Crippen LogP contribution in [0, 0.1) is 6.92 Å². The highest BCUT2D eigenvalue weighted by atomic mass is 16.5. The summed E-state index contributed by atoms with van der Waals surface area (Å²) in [7, 11) is 0. The number of anilines is 1. The maximum atomic E-state index is 12.1. The number of amides is 1. The fourth-order valence-corrected chi connectivity index (χ4v) is 2.36. The van der Waals surface area contributed by atoms with Gasteiger partial charge in [-0.25, -0.2) is 9.97 Å². The third-order valence-electron chi connectivity index (χ3n) is 3.56. The van der Waals surface area contributed by atoms with Crippen LogP contribution in [0.5, 0.6) is 0 Å². The molecule has 0 aromatic carbocycles. The number of ether oxygens (including phenoxy) is 1. The van der Waals surface area contributed by atoms with Crippen LogP contribution in [-0.2, 0) is 4.74 Å². The number of nitrogens with one attached hydrogen (secondary N) is 1. The maximum absolute atomic E-state index is 12.1. The first-order valence-electron chi connectivity index (χ1n) is 7.67. The first kappa shape index (κ1) is 15.7. The normalized spacial score (nSPS) is 14.5. The van der Waals surface area contributed by atoms with Crippen LogP contribution in [-0.4, -0.2) is 48.7 Å². The quantitative estimate of drug-likeness (QED) is 0.772. The van der Waals surface area contributed by atoms with Crippen molar-refractivity contribution in [2.24, 2.45) is 0 Å². The molecule has 6 nitrogen and oxygen atoms in total. The Morgan fingerprint density at radius 2 is 2.19 bits per heavy atom. The second-order valence-electron chi connectivity index (χ2n) is 5.17. The topological polar surface area (TPSA) is 67.3 Å². The smallest absolute Gasteiger partial charge is 0.254 e. The Labute approximate surface area is 125 Å². The third-order valence-corrected chi connectivity index (χ3v) is 3.56. The minimum Gasteiger partial charge on any atom is -0.382 e. The minimum atomic E-state index is -0.114. The number of hydrogen-bond acceptors (Lipinski definition) is 5. The first-order chi connectivity index (χ1) is 10.2. The summed E-state index contributed by atoms with van der Waals surface area (Å²) in [5, 5.41) is 2.88. The Balaban J connectivity index is 1.88. The van der Waals surface area contributed by atoms with Gasteiger partial charge in [-0.2, -0.15) is 0 Å². The Bertz CT molecular complexity index is 473. The summed E-state index contributed by atoms with van der Waals surface area (Å²) in [6, 6.07) is 0. The lowest BCUT2D eigenvalue weighted by Crippen LogP contribution is -2.27. The number of nitrogens with zero attached hydrogens (tertiary/aromatic N) is 3. The molecule has 1 aliphatic heterocycles. The molecule has 1 aliphatic rings. The maximum Gasteiger partial charge on any atom is 0.254 e. The zero-order valence-corrected chi connectivity index (χ0v) is 12.9. The van der Waals surface area contributed by atoms with Gasteiger partial charge in [0.1, 0.15) is 0 Å². The number of aromatic nitrogens is 2. The van der Waals surface area contributed by atoms with Crippen LogP contribution in [0.2, 0.25) is 0 Å². The van der Waals surface area contributed by atoms with Gasteiger partial charge in [-0.1, -0.05) is 0 Å². The molecule has 1 saturated heterocycles. The summed E-state index contributed by atoms with van der Waals surface area (Å²) < 4.78 is 5.24. The highest BCUT2D eigenvalue weighted by molar-refractivity contribution is 5.94. The summed E-state index contributed by atoms with van der Waals surface area (Å²) in [5.41, 5.74) is 1.28. The molecule has 6 heteroatoms. The zero-order valence-electron chi connectivity index (χ0n) is 12.9. The first-order valence-corrected chi connectivity index (χ1v) is 7.67. The van der Waals surface area contributed by atoms with E-state index in [0.717, 1.165) is 31.2 Å². The summed E-state index contributed by atoms with van der Waals surface area (Å²) in [6.07, 6.45) is 4.81. The van der Waals surface area contributed by atoms with E-state index in [9.17, 15) is 4.79 Å². The van der Waals surface area contributed by atoms with E-state index in [1.54, 1.807) is 6.20 Å². The second kappa shape index (κ2) is 7.93. The molecule has 0 radical (unpaired) electrons. The van der Waals surface area contributed by atoms with Crippen molar-refractivity contribution in [3.63, 3.8) is 0 Å². The van der Waals surface area contributed by atoms with Crippen molar-refractivity contribution < 1.29 is 9.53 Å². The van der Waals surface area contributed by atoms with E-state index >= 15 is 0 Å². The number of carbonyl (C=O) groups excluding carboxylic acids is 1. The molecule has 1 fully saturated rings. The van der Waals surface area contributed by atoms with Gasteiger partial charge in [0.2, 0.25) is 5.95 Å². The van der Waals surface area contributed by atoms with Gasteiger partial charge >= 0.3 is 0 Å². The van der Waals surface area contributed by atoms with Gasteiger partial charge in [-0.3, -0.25) is 4.79 Å². The van der Waals surface area contributed by atoms with Crippen LogP contribution < -0.4 is 10.2 Å². The molecule has 2 heterocycles. The number of carbonyl (C=O) groups is 1. The van der Waals surface area contributed by atoms with Crippen molar-refractivity contribution >= 4 is 11.9 Å². The van der Waals surface area contributed by atoms with Crippen LogP contribution in [0.15, 0.2) is 6.20 Å². The van der Waals surface area contributed by atoms with Crippen LogP contribution in [0.1, 0.15) is 42.2 Å². The van der Waals surface area contributed by atoms with Crippen molar-refractivity contribution in [3.8, 4) is 0 Å². The summed E-state index contributed by atoms with van der Waals surface area (Å²) in [4.78, 5) is 23.0. The lowest BCUT2D eigenvalue weighted by molar-refractivity contribution is 0.0943. The summed E-state index contributed by atoms with van der Waals surface area (Å²) in [6.45, 7) is 7.80. The van der Waals surface area contributed by atoms with Gasteiger partial charge in [-0.15, -0.1) is 0 Å². The Hall–Kier alpha value is -1.69. The van der Waals surface area contributed by atoms with Crippen molar-refractivity contribution in [2.75, 3.05) is 37.7 Å². The van der Waals surface area contributed by atoms with Crippen LogP contribution in [0.3, 0.4) is 0 Å². The van der Waals surface area contributed by atoms with Gasteiger partial charge < -0.3 is 15.0 Å². The molecule has 21 heavy (non-hydrogen) atoms. The molecule has 1 N–H and O–H groups in total. The molecule has 2 rings (SSSR count). The predicted molar refractivity (Wildman–Crippen MR) is 81.7 cm³/mol. The largest absolute Gasteiger partial charge is 0.382 e. The standard InChI is InChI=1S/C15H24N4O2/c1-3-21-10-6-7-16-14(20)13-11-17-15(18-12(13)2)19-8-4-5-9-19/h11H,3-10H2,1-2H3,(H,16,20). The van der Waals surface area contributed by atoms with E-state index in [2.05, 4.69) is 20.2 Å². The zero-order chi connectivity index (χ0) is 15.1. The van der Waals surface area contributed by atoms with Crippen LogP contribution in [0.4, 0.5) is 5.95 Å². The fraction of sp³-hybridized carbons (Fsp3) is 0.667. The van der Waals surface area contributed by atoms with Gasteiger partial charge in [-0.05, 0) is 33.1 Å². The van der Waals surface area contributed by atoms with Crippen molar-refractivity contribution in [2.45, 2.75) is 33.1 Å². The van der Waals surface area contributed by atoms with E-state index in [1.807, 2.05) is 13.8 Å². The van der Waals surface area contributed by atoms with Crippen molar-refractivity contribution in [3.05, 3.63) is 17.5 Å². The average Bonchev–Trinajstić information content (AvgIpc) is 3.01. The van der Waals surface area contributed by atoms with E-state index in [0.29, 0.717) is 25.3 Å². The van der Waals surface area contributed by atoms with Crippen LogP contribution in [0.25, 0.3) is 0 Å². The molecule has 0 bridgehead atoms. The minimum absolute atomic E-state index is 0.114. The predicted octanol–water partition coefficient (Wildman–Crippen LogP) is 1.54. The summed E-state index contributed by atoms with van der Waals surface area (Å²) >= 11 is 0. The Morgan fingerprint density at radius 1 is 1.43 bits per heavy atom. The molecule has 0 spiro atoms. The fourth-order valence-electron chi connectivity index (χ4n) is 2.36. The number of hydrogen-bond donors (Lipinski definition) is 1. The molecule has 0 unspecified atom stereocenters. The van der Waals surface area contributed by atoms with E-state index < -0.39 is 0 Å². The SMILES string of the molecule is CCOCCCNC(=O)c1cnc(N2CCCC2)nc1C. The molecule has 116 valence electrons. The van der Waals surface area contributed by atoms with Crippen LogP contribution >= 0.6 is 0 Å². The number of aryl methyl sites for hydroxylation is 1. The van der Waals surface area contributed by atoms with Gasteiger partial charge in [0.25, 0.3) is 5.91 Å². The van der Waals surface area contributed by atoms with Crippen molar-refractivity contribution in [1.29, 1.82) is 0 Å². The lowest BCUT2D eigenvalue weighted by Gasteiger charge is -2.16. The highest BCUT2D eigenvalue weighted by Gasteiger charge is 2.17. The molecule has 0 aliphatic carbocycles.